The number of hydrogen-bond donors (Lipinski definition) is 1. The average Bonchev–Trinajstić information content (AvgIpc) is 2.40. The summed E-state index contributed by atoms with van der Waals surface area (Å²) in [6.07, 6.45) is 0.718. The molecule has 0 heterocycles. The first-order chi connectivity index (χ1) is 8.67. The molecular weight excluding hydrogens is 241 g/mol. The number of halogens is 1. The van der Waals surface area contributed by atoms with Crippen LogP contribution in [0, 0.1) is 5.82 Å². The Kier molecular flexibility index (Phi) is 5.63. The minimum absolute atomic E-state index is 0.0554. The Balaban J connectivity index is 2.30. The lowest BCUT2D eigenvalue weighted by atomic mass is 10.2. The van der Waals surface area contributed by atoms with E-state index in [-0.39, 0.29) is 17.9 Å². The van der Waals surface area contributed by atoms with Crippen LogP contribution in [-0.4, -0.2) is 30.6 Å². The number of oxime groups is 1. The molecule has 0 spiro atoms. The van der Waals surface area contributed by atoms with E-state index >= 15 is 0 Å². The van der Waals surface area contributed by atoms with E-state index in [9.17, 15) is 9.18 Å². The van der Waals surface area contributed by atoms with Crippen molar-refractivity contribution in [2.24, 2.45) is 5.16 Å². The van der Waals surface area contributed by atoms with E-state index in [2.05, 4.69) is 9.89 Å². The quantitative estimate of drug-likeness (QED) is 0.277. The number of rotatable bonds is 6. The Hall–Kier alpha value is -2.11. The average molecular weight is 255 g/mol. The van der Waals surface area contributed by atoms with Gasteiger partial charge in [0.1, 0.15) is 11.6 Å². The Morgan fingerprint density at radius 3 is 2.61 bits per heavy atom. The fourth-order valence-electron chi connectivity index (χ4n) is 1.27. The largest absolute Gasteiger partial charge is 0.494 e. The summed E-state index contributed by atoms with van der Waals surface area (Å²) in [6.45, 7) is 0.321. The predicted molar refractivity (Wildman–Crippen MR) is 62.4 cm³/mol. The van der Waals surface area contributed by atoms with Crippen LogP contribution in [0.2, 0.25) is 0 Å². The molecule has 0 saturated heterocycles. The van der Waals surface area contributed by atoms with Crippen LogP contribution < -0.4 is 4.74 Å². The van der Waals surface area contributed by atoms with Crippen molar-refractivity contribution in [2.45, 2.75) is 12.8 Å². The smallest absolute Gasteiger partial charge is 0.355 e. The van der Waals surface area contributed by atoms with Crippen LogP contribution in [0.25, 0.3) is 0 Å². The van der Waals surface area contributed by atoms with Crippen molar-refractivity contribution >= 4 is 11.7 Å². The van der Waals surface area contributed by atoms with Crippen LogP contribution in [0.5, 0.6) is 5.75 Å². The maximum atomic E-state index is 12.6. The summed E-state index contributed by atoms with van der Waals surface area (Å²) < 4.78 is 22.3. The van der Waals surface area contributed by atoms with Crippen molar-refractivity contribution in [2.75, 3.05) is 13.7 Å². The molecule has 0 bridgehead atoms. The molecule has 18 heavy (non-hydrogen) atoms. The van der Waals surface area contributed by atoms with Crippen LogP contribution in [0.3, 0.4) is 0 Å². The van der Waals surface area contributed by atoms with Gasteiger partial charge in [0.2, 0.25) is 0 Å². The van der Waals surface area contributed by atoms with E-state index in [0.717, 1.165) is 0 Å². The zero-order chi connectivity index (χ0) is 13.4. The molecule has 0 atom stereocenters. The second kappa shape index (κ2) is 7.26. The molecule has 0 aromatic heterocycles. The van der Waals surface area contributed by atoms with Crippen molar-refractivity contribution in [1.82, 2.24) is 0 Å². The molecule has 1 N–H and O–H groups in total. The van der Waals surface area contributed by atoms with E-state index in [1.807, 2.05) is 0 Å². The van der Waals surface area contributed by atoms with E-state index < -0.39 is 5.97 Å². The van der Waals surface area contributed by atoms with Gasteiger partial charge in [-0.3, -0.25) is 0 Å². The Morgan fingerprint density at radius 1 is 1.39 bits per heavy atom. The maximum Gasteiger partial charge on any atom is 0.355 e. The van der Waals surface area contributed by atoms with E-state index in [1.54, 1.807) is 0 Å². The molecule has 6 heteroatoms. The van der Waals surface area contributed by atoms with Gasteiger partial charge in [-0.25, -0.2) is 9.18 Å². The third-order valence-corrected chi connectivity index (χ3v) is 2.18. The number of methoxy groups -OCH3 is 1. The molecule has 1 aromatic rings. The molecule has 5 nitrogen and oxygen atoms in total. The number of esters is 1. The first kappa shape index (κ1) is 14.0. The zero-order valence-electron chi connectivity index (χ0n) is 9.93. The van der Waals surface area contributed by atoms with Crippen LogP contribution in [0.1, 0.15) is 12.8 Å². The van der Waals surface area contributed by atoms with Crippen LogP contribution >= 0.6 is 0 Å². The lowest BCUT2D eigenvalue weighted by Crippen LogP contribution is -2.16. The van der Waals surface area contributed by atoms with Gasteiger partial charge >= 0.3 is 5.97 Å². The van der Waals surface area contributed by atoms with Crippen molar-refractivity contribution < 1.29 is 23.9 Å². The minimum Gasteiger partial charge on any atom is -0.494 e. The summed E-state index contributed by atoms with van der Waals surface area (Å²) >= 11 is 0. The molecule has 1 aromatic carbocycles. The number of ether oxygens (including phenoxy) is 2. The third kappa shape index (κ3) is 4.40. The number of carbonyl (C=O) groups excluding carboxylic acids is 1. The second-order valence-corrected chi connectivity index (χ2v) is 3.44. The topological polar surface area (TPSA) is 68.1 Å². The predicted octanol–water partition coefficient (Wildman–Crippen LogP) is 1.99. The zero-order valence-corrected chi connectivity index (χ0v) is 9.93. The SMILES string of the molecule is COC(=O)/C(CCCOc1ccc(F)cc1)=N\O. The molecule has 0 aliphatic rings. The molecular formula is C12H14FNO4. The molecule has 0 fully saturated rings. The van der Waals surface area contributed by atoms with Crippen molar-refractivity contribution in [3.05, 3.63) is 30.1 Å². The van der Waals surface area contributed by atoms with Gasteiger partial charge in [-0.2, -0.15) is 0 Å². The Morgan fingerprint density at radius 2 is 2.06 bits per heavy atom. The fourth-order valence-corrected chi connectivity index (χ4v) is 1.27. The fraction of sp³-hybridized carbons (Fsp3) is 0.333. The van der Waals surface area contributed by atoms with Gasteiger partial charge in [-0.15, -0.1) is 0 Å². The molecule has 0 aliphatic carbocycles. The summed E-state index contributed by atoms with van der Waals surface area (Å²) in [5, 5.41) is 11.4. The molecule has 0 radical (unpaired) electrons. The maximum absolute atomic E-state index is 12.6. The lowest BCUT2D eigenvalue weighted by molar-refractivity contribution is -0.133. The highest BCUT2D eigenvalue weighted by molar-refractivity contribution is 6.36. The van der Waals surface area contributed by atoms with Crippen molar-refractivity contribution in [3.8, 4) is 5.75 Å². The monoisotopic (exact) mass is 255 g/mol. The number of hydrogen-bond acceptors (Lipinski definition) is 5. The van der Waals surface area contributed by atoms with E-state index in [0.29, 0.717) is 18.8 Å². The van der Waals surface area contributed by atoms with Gasteiger partial charge in [0.05, 0.1) is 13.7 Å². The lowest BCUT2D eigenvalue weighted by Gasteiger charge is -2.06. The molecule has 0 amide bonds. The van der Waals surface area contributed by atoms with Crippen molar-refractivity contribution in [1.29, 1.82) is 0 Å². The van der Waals surface area contributed by atoms with Gasteiger partial charge in [0.25, 0.3) is 0 Å². The summed E-state index contributed by atoms with van der Waals surface area (Å²) in [5.41, 5.74) is -0.0554. The number of carbonyl (C=O) groups is 1. The molecule has 98 valence electrons. The van der Waals surface area contributed by atoms with Gasteiger partial charge in [0.15, 0.2) is 5.71 Å². The van der Waals surface area contributed by atoms with Gasteiger partial charge in [-0.1, -0.05) is 5.16 Å². The first-order valence-corrected chi connectivity index (χ1v) is 5.35. The van der Waals surface area contributed by atoms with Crippen LogP contribution in [-0.2, 0) is 9.53 Å². The summed E-state index contributed by atoms with van der Waals surface area (Å²) in [7, 11) is 1.21. The normalized spacial score (nSPS) is 11.1. The summed E-state index contributed by atoms with van der Waals surface area (Å²) in [4.78, 5) is 11.0. The first-order valence-electron chi connectivity index (χ1n) is 5.35. The highest BCUT2D eigenvalue weighted by atomic mass is 19.1. The molecule has 0 unspecified atom stereocenters. The number of nitrogens with zero attached hydrogens (tertiary/aromatic N) is 1. The van der Waals surface area contributed by atoms with Gasteiger partial charge in [-0.05, 0) is 30.7 Å². The van der Waals surface area contributed by atoms with Gasteiger partial charge < -0.3 is 14.7 Å². The highest BCUT2D eigenvalue weighted by Crippen LogP contribution is 2.11. The third-order valence-electron chi connectivity index (χ3n) is 2.18. The van der Waals surface area contributed by atoms with E-state index in [1.165, 1.54) is 31.4 Å². The highest BCUT2D eigenvalue weighted by Gasteiger charge is 2.11. The second-order valence-electron chi connectivity index (χ2n) is 3.44. The standard InChI is InChI=1S/C12H14FNO4/c1-17-12(15)11(14-16)3-2-8-18-10-6-4-9(13)5-7-10/h4-7,16H,2-3,8H2,1H3/b14-11-. The Bertz CT molecular complexity index is 417. The van der Waals surface area contributed by atoms with Crippen molar-refractivity contribution in [3.63, 3.8) is 0 Å². The van der Waals surface area contributed by atoms with Crippen LogP contribution in [0.15, 0.2) is 29.4 Å². The number of benzene rings is 1. The summed E-state index contributed by atoms with van der Waals surface area (Å²) in [6, 6.07) is 5.61. The minimum atomic E-state index is -0.667. The van der Waals surface area contributed by atoms with Gasteiger partial charge in [0, 0.05) is 6.42 Å². The molecule has 0 saturated carbocycles. The molecule has 0 aliphatic heterocycles. The van der Waals surface area contributed by atoms with E-state index in [4.69, 9.17) is 9.94 Å². The molecule has 1 rings (SSSR count). The Labute approximate surface area is 104 Å². The summed E-state index contributed by atoms with van der Waals surface area (Å²) in [5.74, 6) is -0.459. The van der Waals surface area contributed by atoms with Crippen LogP contribution in [0.4, 0.5) is 4.39 Å².